The van der Waals surface area contributed by atoms with Gasteiger partial charge in [0.1, 0.15) is 5.75 Å². The van der Waals surface area contributed by atoms with E-state index in [1.54, 1.807) is 4.40 Å². The number of phenols is 1. The van der Waals surface area contributed by atoms with E-state index in [4.69, 9.17) is 89.0 Å². The molecule has 0 unspecified atom stereocenters. The molecule has 6 nitrogen and oxygen atoms in total. The summed E-state index contributed by atoms with van der Waals surface area (Å²) in [4.78, 5) is 8.92. The molecule has 0 spiro atoms. The summed E-state index contributed by atoms with van der Waals surface area (Å²) in [5.41, 5.74) is 40.5. The molecule has 1 aliphatic rings. The molecule has 0 aliphatic carbocycles. The van der Waals surface area contributed by atoms with E-state index in [1.165, 1.54) is 134 Å². The minimum atomic E-state index is -2.17. The molecule has 0 radical (unpaired) electrons. The van der Waals surface area contributed by atoms with Crippen LogP contribution in [0.1, 0.15) is 233 Å². The van der Waals surface area contributed by atoms with Crippen LogP contribution in [0, 0.1) is 119 Å². The van der Waals surface area contributed by atoms with Crippen LogP contribution in [0.15, 0.2) is 293 Å². The van der Waals surface area contributed by atoms with Gasteiger partial charge in [-0.2, -0.15) is 18.1 Å². The minimum Gasteiger partial charge on any atom is -0.665 e. The molecule has 148 heavy (non-hydrogen) atoms. The van der Waals surface area contributed by atoms with Crippen LogP contribution in [0.5, 0.6) is 11.5 Å². The fourth-order valence-corrected chi connectivity index (χ4v) is 18.6. The molecule has 1 saturated heterocycles. The van der Waals surface area contributed by atoms with Crippen molar-refractivity contribution in [2.45, 2.75) is 227 Å². The Morgan fingerprint density at radius 1 is 0.392 bits per heavy atom. The van der Waals surface area contributed by atoms with E-state index >= 15 is 0 Å². The fourth-order valence-electron chi connectivity index (χ4n) is 14.8. The maximum atomic E-state index is 13.5. The average molecular weight is 2340 g/mol. The Kier molecular flexibility index (Phi) is 56.7. The summed E-state index contributed by atoms with van der Waals surface area (Å²) >= 11 is 27.1. The number of rotatable bonds is 14. The van der Waals surface area contributed by atoms with Gasteiger partial charge in [-0.05, 0) is 181 Å². The Balaban J connectivity index is 0.000000359. The summed E-state index contributed by atoms with van der Waals surface area (Å²) in [6.45, 7) is 72.0. The summed E-state index contributed by atoms with van der Waals surface area (Å²) in [7, 11) is 11.7. The number of halogens is 13. The number of hydrogen-bond donors (Lipinski definition) is 1. The zero-order valence-electron chi connectivity index (χ0n) is 90.9. The van der Waals surface area contributed by atoms with E-state index in [2.05, 4.69) is 335 Å². The normalized spacial score (nSPS) is 11.7. The van der Waals surface area contributed by atoms with Crippen LogP contribution in [0.25, 0.3) is 46.6 Å². The van der Waals surface area contributed by atoms with Gasteiger partial charge in [0.05, 0.1) is 0 Å². The molecule has 0 saturated carbocycles. The van der Waals surface area contributed by atoms with Crippen molar-refractivity contribution in [3.05, 3.63) is 447 Å². The van der Waals surface area contributed by atoms with Crippen LogP contribution in [-0.4, -0.2) is 38.0 Å². The smallest absolute Gasteiger partial charge is 0.0156 e. The van der Waals surface area contributed by atoms with Crippen molar-refractivity contribution in [2.75, 3.05) is 22.9 Å². The summed E-state index contributed by atoms with van der Waals surface area (Å²) < 4.78 is 78.1. The number of hydrogen-bond acceptors (Lipinski definition) is 4. The predicted octanol–water partition coefficient (Wildman–Crippen LogP) is 40.2. The van der Waals surface area contributed by atoms with Crippen LogP contribution < -0.4 is 14.8 Å². The molecule has 13 aromatic rings. The molecule has 1 aliphatic heterocycles. The van der Waals surface area contributed by atoms with Crippen molar-refractivity contribution in [2.24, 2.45) is 3.50 Å². The van der Waals surface area contributed by atoms with E-state index in [0.717, 1.165) is 74.7 Å². The first-order valence-electron chi connectivity index (χ1n) is 48.4. The first-order chi connectivity index (χ1) is 69.4. The zero-order valence-corrected chi connectivity index (χ0v) is 101. The Bertz CT molecular complexity index is 6160. The first-order valence-corrected chi connectivity index (χ1v) is 58.5. The second kappa shape index (κ2) is 64.3. The van der Waals surface area contributed by atoms with Crippen molar-refractivity contribution < 1.29 is 63.2 Å². The predicted molar refractivity (Wildman–Crippen MR) is 634 cm³/mol. The number of aromatic nitrogens is 1. The minimum absolute atomic E-state index is 0.0197. The van der Waals surface area contributed by atoms with Gasteiger partial charge in [0.25, 0.3) is 0 Å². The molecule has 14 rings (SSSR count). The Labute approximate surface area is 933 Å². The molecule has 21 heteroatoms. The molecule has 12 aromatic carbocycles. The van der Waals surface area contributed by atoms with Crippen LogP contribution in [0.2, 0.25) is 0 Å². The van der Waals surface area contributed by atoms with Gasteiger partial charge in [-0.1, -0.05) is 413 Å². The molecule has 1 fully saturated rings. The van der Waals surface area contributed by atoms with Crippen LogP contribution in [-0.2, 0) is 58.5 Å². The zero-order chi connectivity index (χ0) is 111. The molecule has 794 valence electrons. The molecular formula is C127H148Cl8F5MoN4O2Ru-. The maximum Gasteiger partial charge on any atom is 0.0156 e. The van der Waals surface area contributed by atoms with Gasteiger partial charge in [0.2, 0.25) is 0 Å². The molecule has 1 aromatic heterocycles. The summed E-state index contributed by atoms with van der Waals surface area (Å²) in [5.74, 6) is -8.58. The van der Waals surface area contributed by atoms with E-state index < -0.39 is 71.6 Å². The maximum absolute atomic E-state index is 13.5. The van der Waals surface area contributed by atoms with Gasteiger partial charge in [-0.25, -0.2) is 0 Å². The van der Waals surface area contributed by atoms with Crippen molar-refractivity contribution in [1.82, 2.24) is 4.98 Å². The molecule has 0 amide bonds. The van der Waals surface area contributed by atoms with E-state index in [-0.39, 0.29) is 27.8 Å². The van der Waals surface area contributed by atoms with Crippen molar-refractivity contribution >= 4 is 139 Å². The second-order valence-electron chi connectivity index (χ2n) is 40.6. The number of aliphatic hydroxyl groups is 1. The summed E-state index contributed by atoms with van der Waals surface area (Å²) in [5, 5.41) is 11.7. The van der Waals surface area contributed by atoms with Gasteiger partial charge < -0.3 is 19.9 Å². The summed E-state index contributed by atoms with van der Waals surface area (Å²) in [6, 6.07) is 83.2. The number of aryl methyl sites for hydroxylation is 12. The second-order valence-corrected chi connectivity index (χ2v) is 49.4. The Morgan fingerprint density at radius 3 is 1.00 bits per heavy atom. The van der Waals surface area contributed by atoms with Gasteiger partial charge in [0, 0.05) is 68.8 Å². The third-order valence-corrected chi connectivity index (χ3v) is 28.0. The summed E-state index contributed by atoms with van der Waals surface area (Å²) in [6.07, 6.45) is 7.71. The number of para-hydroxylation sites is 2. The molecular weight excluding hydrogens is 2190 g/mol. The van der Waals surface area contributed by atoms with Crippen LogP contribution in [0.4, 0.5) is 39.0 Å². The quantitative estimate of drug-likeness (QED) is 0.0294. The third kappa shape index (κ3) is 45.5. The van der Waals surface area contributed by atoms with E-state index in [9.17, 15) is 27.1 Å². The Hall–Kier alpha value is -9.62. The van der Waals surface area contributed by atoms with Crippen molar-refractivity contribution in [3.8, 4) is 33.8 Å². The average Bonchev–Trinajstić information content (AvgIpc) is 0.995. The number of anilines is 2. The van der Waals surface area contributed by atoms with Crippen LogP contribution in [0.3, 0.4) is 0 Å². The van der Waals surface area contributed by atoms with E-state index in [0.29, 0.717) is 5.75 Å². The van der Waals surface area contributed by atoms with Gasteiger partial charge in [-0.15, -0.1) is 0 Å². The van der Waals surface area contributed by atoms with Gasteiger partial charge >= 0.3 is 235 Å². The van der Waals surface area contributed by atoms with Crippen LogP contribution >= 0.6 is 89.0 Å². The topological polar surface area (TPSA) is 66.0 Å². The first kappa shape index (κ1) is 131. The van der Waals surface area contributed by atoms with Gasteiger partial charge in [0.15, 0.2) is 0 Å². The van der Waals surface area contributed by atoms with Crippen molar-refractivity contribution in [1.29, 1.82) is 0 Å². The fraction of sp³-hybridized carbons (Fsp3) is 0.283. The SMILES string of the molecule is C=Cc1ccc(C)cc1.C=Cc1ccc(C)cc1.CC(C)(C)c1cc(-c2cccc(-c3cc(C(C)(C)C)cc(C(C)(C)C)c3)c2O)cc(C(C)(C)C)c1.CC(C)([CH]=[Mo]=[N]c1c(F)c(F)c(F)c(F)c1F)c1ccccc1.CC(C)[OH+]c1ccccc1[CH]=[Ru]([Cl])[Cl].Cc1cc(C)c(N2[CH-]N(c3c(C)cc(C)cc3C)CC2)c(C)c1.Cc1ccc(/C=C/Cl)cc1.Cc1ccc(/C=C/Cl)cc1.Cc1ccc(C)[n-]1.Cl/C=C/Cl.Cl/C=C/Cl. The number of aromatic hydroxyl groups is 2. The number of benzene rings is 12. The third-order valence-electron chi connectivity index (χ3n) is 22.7. The number of nitrogens with zero attached hydrogens (tertiary/aromatic N) is 4. The van der Waals surface area contributed by atoms with Crippen molar-refractivity contribution in [3.63, 3.8) is 0 Å². The molecule has 2 N–H and O–H groups in total. The number of phenolic OH excluding ortho intramolecular Hbond substituents is 1. The number of ether oxygens (including phenoxy) is 1. The van der Waals surface area contributed by atoms with E-state index in [1.807, 2.05) is 174 Å². The standard InChI is InChI=1S/C34H46O.C21H27N2.C10H12O.C10H12.2C9H9Cl.2C9H10.C6F5N.C6H8N.2C2H2Cl2.2ClH.Mo.Ru/c1-31(2,3)24-16-22(17-25(20-24)32(4,5)6)28-14-13-15-29(30(28)35)23-18-26(33(7,8)9)21-27(19-23)34(10,11)12;1-14-9-16(3)20(17(4)10-14)22-7-8-23(13-22)21-18(5)11-15(2)12-19(21)6;1-8(2)11-10-7-5-4-6-9(10)3;1-10(2,3)9-7-5-4-6-8-9;2*1-8-2-4-9(5-3-8)6-7-10;2*1-3-9-6-4-8(2)5-7-9;7-1-2(8)4(10)6(12)5(11)3(1)9;1-5-3-4-6(2)7-5;2*3-1-2-4;;;;/h13-21,35H,1-12H3;9-13H,7-8H2,1-6H3;3-8H,1-2H3;1,4-8H,2-3H3;2*2-7H,1H3;2*3-7H,1H2,2H3;;3-4H,1-2H3;2*1-2H;2*1H;;/q;-1;;;;;;;;-1;;;;;;+2/p-1/b;;;;2*7-6+;;;;;2*2-1+;;;;. The monoisotopic (exact) mass is 2340 g/mol. The molecule has 0 atom stereocenters. The molecule has 0 bridgehead atoms. The largest absolute Gasteiger partial charge is 0.665 e. The Morgan fingerprint density at radius 2 is 0.709 bits per heavy atom. The van der Waals surface area contributed by atoms with Gasteiger partial charge in [-0.3, -0.25) is 0 Å². The molecule has 2 heterocycles.